The minimum Gasteiger partial charge on any atom is -0.490 e. The van der Waals surface area contributed by atoms with Crippen LogP contribution in [0.3, 0.4) is 0 Å². The Morgan fingerprint density at radius 2 is 2.15 bits per heavy atom. The Morgan fingerprint density at radius 3 is 2.85 bits per heavy atom. The van der Waals surface area contributed by atoms with E-state index < -0.39 is 0 Å². The van der Waals surface area contributed by atoms with E-state index in [4.69, 9.17) is 15.3 Å². The standard InChI is InChI=1S/C14H20N2O3S/c1-2-4-13(14(17)16-15)20-10-5-6-11-12(9-10)19-8-3-7-18-11/h5-6,9,13H,2-4,7-8,15H2,1H3,(H,16,17). The van der Waals surface area contributed by atoms with Gasteiger partial charge in [0.05, 0.1) is 18.5 Å². The molecule has 0 aliphatic carbocycles. The van der Waals surface area contributed by atoms with Crippen molar-refractivity contribution in [2.75, 3.05) is 13.2 Å². The Morgan fingerprint density at radius 1 is 1.40 bits per heavy atom. The Balaban J connectivity index is 2.12. The van der Waals surface area contributed by atoms with Crippen molar-refractivity contribution in [3.05, 3.63) is 18.2 Å². The highest BCUT2D eigenvalue weighted by molar-refractivity contribution is 8.00. The summed E-state index contributed by atoms with van der Waals surface area (Å²) in [5.41, 5.74) is 2.23. The van der Waals surface area contributed by atoms with Crippen molar-refractivity contribution in [2.24, 2.45) is 5.84 Å². The van der Waals surface area contributed by atoms with Gasteiger partial charge in [0.2, 0.25) is 5.91 Å². The summed E-state index contributed by atoms with van der Waals surface area (Å²) in [7, 11) is 0. The molecular formula is C14H20N2O3S. The largest absolute Gasteiger partial charge is 0.490 e. The second kappa shape index (κ2) is 7.40. The highest BCUT2D eigenvalue weighted by atomic mass is 32.2. The molecule has 0 aromatic heterocycles. The normalized spacial score (nSPS) is 15.3. The number of ether oxygens (including phenoxy) is 2. The van der Waals surface area contributed by atoms with Gasteiger partial charge in [-0.05, 0) is 24.6 Å². The van der Waals surface area contributed by atoms with E-state index in [0.717, 1.165) is 35.7 Å². The minimum absolute atomic E-state index is 0.149. The summed E-state index contributed by atoms with van der Waals surface area (Å²) >= 11 is 1.50. The van der Waals surface area contributed by atoms with Crippen LogP contribution in [0.15, 0.2) is 23.1 Å². The van der Waals surface area contributed by atoms with E-state index >= 15 is 0 Å². The van der Waals surface area contributed by atoms with Crippen LogP contribution in [-0.2, 0) is 4.79 Å². The van der Waals surface area contributed by atoms with Crippen LogP contribution in [0.5, 0.6) is 11.5 Å². The Kier molecular flexibility index (Phi) is 5.55. The first-order valence-electron chi connectivity index (χ1n) is 6.81. The average molecular weight is 296 g/mol. The van der Waals surface area contributed by atoms with Gasteiger partial charge in [-0.2, -0.15) is 0 Å². The molecule has 6 heteroatoms. The molecule has 1 amide bonds. The molecule has 20 heavy (non-hydrogen) atoms. The molecule has 0 radical (unpaired) electrons. The third-order valence-corrected chi connectivity index (χ3v) is 4.24. The Hall–Kier alpha value is -1.40. The second-order valence-corrected chi connectivity index (χ2v) is 5.84. The summed E-state index contributed by atoms with van der Waals surface area (Å²) in [5, 5.41) is -0.185. The molecule has 1 atom stereocenters. The van der Waals surface area contributed by atoms with Crippen molar-refractivity contribution in [1.82, 2.24) is 5.43 Å². The van der Waals surface area contributed by atoms with Crippen LogP contribution in [-0.4, -0.2) is 24.4 Å². The Bertz CT molecular complexity index is 468. The third-order valence-electron chi connectivity index (χ3n) is 2.98. The summed E-state index contributed by atoms with van der Waals surface area (Å²) < 4.78 is 11.2. The first kappa shape index (κ1) is 15.0. The lowest BCUT2D eigenvalue weighted by Gasteiger charge is -2.15. The highest BCUT2D eigenvalue weighted by Gasteiger charge is 2.19. The number of carbonyl (C=O) groups is 1. The lowest BCUT2D eigenvalue weighted by atomic mass is 10.2. The number of fused-ring (bicyclic) bond motifs is 1. The van der Waals surface area contributed by atoms with Gasteiger partial charge < -0.3 is 9.47 Å². The number of nitrogens with one attached hydrogen (secondary N) is 1. The third kappa shape index (κ3) is 3.80. The zero-order valence-corrected chi connectivity index (χ0v) is 12.4. The zero-order valence-electron chi connectivity index (χ0n) is 11.6. The van der Waals surface area contributed by atoms with E-state index in [1.54, 1.807) is 0 Å². The van der Waals surface area contributed by atoms with Gasteiger partial charge in [0.15, 0.2) is 11.5 Å². The molecule has 5 nitrogen and oxygen atoms in total. The molecule has 1 aliphatic rings. The van der Waals surface area contributed by atoms with Gasteiger partial charge >= 0.3 is 0 Å². The molecule has 0 bridgehead atoms. The van der Waals surface area contributed by atoms with Gasteiger partial charge in [0.1, 0.15) is 0 Å². The van der Waals surface area contributed by atoms with Crippen molar-refractivity contribution in [1.29, 1.82) is 0 Å². The predicted octanol–water partition coefficient (Wildman–Crippen LogP) is 2.10. The number of amides is 1. The van der Waals surface area contributed by atoms with Crippen LogP contribution in [0.25, 0.3) is 0 Å². The SMILES string of the molecule is CCCC(Sc1ccc2c(c1)OCCCO2)C(=O)NN. The van der Waals surface area contributed by atoms with E-state index in [1.807, 2.05) is 25.1 Å². The molecule has 1 aromatic carbocycles. The van der Waals surface area contributed by atoms with Crippen LogP contribution in [0.4, 0.5) is 0 Å². The maximum Gasteiger partial charge on any atom is 0.247 e. The zero-order chi connectivity index (χ0) is 14.4. The van der Waals surface area contributed by atoms with Crippen LogP contribution in [0.1, 0.15) is 26.2 Å². The van der Waals surface area contributed by atoms with Crippen LogP contribution < -0.4 is 20.7 Å². The van der Waals surface area contributed by atoms with Crippen LogP contribution in [0, 0.1) is 0 Å². The minimum atomic E-state index is -0.185. The molecular weight excluding hydrogens is 276 g/mol. The van der Waals surface area contributed by atoms with E-state index in [0.29, 0.717) is 13.2 Å². The van der Waals surface area contributed by atoms with Gasteiger partial charge in [-0.1, -0.05) is 13.3 Å². The number of hydrogen-bond donors (Lipinski definition) is 2. The summed E-state index contributed by atoms with van der Waals surface area (Å²) in [6.45, 7) is 3.38. The van der Waals surface area contributed by atoms with Crippen molar-refractivity contribution in [2.45, 2.75) is 36.3 Å². The molecule has 1 unspecified atom stereocenters. The molecule has 1 aromatic rings. The first-order valence-corrected chi connectivity index (χ1v) is 7.69. The molecule has 2 rings (SSSR count). The lowest BCUT2D eigenvalue weighted by molar-refractivity contribution is -0.120. The highest BCUT2D eigenvalue weighted by Crippen LogP contribution is 2.36. The summed E-state index contributed by atoms with van der Waals surface area (Å²) in [4.78, 5) is 12.7. The average Bonchev–Trinajstić information content (AvgIpc) is 2.70. The predicted molar refractivity (Wildman–Crippen MR) is 78.9 cm³/mol. The molecule has 110 valence electrons. The fraction of sp³-hybridized carbons (Fsp3) is 0.500. The smallest absolute Gasteiger partial charge is 0.247 e. The maximum atomic E-state index is 11.7. The van der Waals surface area contributed by atoms with Gasteiger partial charge in [0.25, 0.3) is 0 Å². The van der Waals surface area contributed by atoms with Gasteiger partial charge in [-0.3, -0.25) is 10.2 Å². The number of rotatable bonds is 5. The molecule has 0 spiro atoms. The van der Waals surface area contributed by atoms with E-state index in [1.165, 1.54) is 11.8 Å². The first-order chi connectivity index (χ1) is 9.74. The molecule has 1 aliphatic heterocycles. The fourth-order valence-electron chi connectivity index (χ4n) is 1.98. The number of nitrogens with two attached hydrogens (primary N) is 1. The van der Waals surface area contributed by atoms with Crippen molar-refractivity contribution in [3.8, 4) is 11.5 Å². The number of benzene rings is 1. The number of thioether (sulfide) groups is 1. The topological polar surface area (TPSA) is 73.6 Å². The molecule has 3 N–H and O–H groups in total. The number of carbonyl (C=O) groups excluding carboxylic acids is 1. The monoisotopic (exact) mass is 296 g/mol. The molecule has 0 saturated carbocycles. The quantitative estimate of drug-likeness (QED) is 0.377. The van der Waals surface area contributed by atoms with Gasteiger partial charge in [-0.25, -0.2) is 5.84 Å². The van der Waals surface area contributed by atoms with E-state index in [9.17, 15) is 4.79 Å². The van der Waals surface area contributed by atoms with Crippen molar-refractivity contribution >= 4 is 17.7 Å². The Labute approximate surface area is 123 Å². The van der Waals surface area contributed by atoms with E-state index in [2.05, 4.69) is 5.43 Å². The van der Waals surface area contributed by atoms with Crippen molar-refractivity contribution in [3.63, 3.8) is 0 Å². The summed E-state index contributed by atoms with van der Waals surface area (Å²) in [6.07, 6.45) is 2.59. The molecule has 1 heterocycles. The summed E-state index contributed by atoms with van der Waals surface area (Å²) in [5.74, 6) is 6.59. The maximum absolute atomic E-state index is 11.7. The fourth-order valence-corrected chi connectivity index (χ4v) is 3.16. The molecule has 0 saturated heterocycles. The molecule has 0 fully saturated rings. The van der Waals surface area contributed by atoms with E-state index in [-0.39, 0.29) is 11.2 Å². The number of hydrazine groups is 1. The second-order valence-electron chi connectivity index (χ2n) is 4.56. The van der Waals surface area contributed by atoms with Crippen molar-refractivity contribution < 1.29 is 14.3 Å². The summed E-state index contributed by atoms with van der Waals surface area (Å²) in [6, 6.07) is 5.77. The van der Waals surface area contributed by atoms with Gasteiger partial charge in [0, 0.05) is 11.3 Å². The van der Waals surface area contributed by atoms with Crippen LogP contribution >= 0.6 is 11.8 Å². The number of hydrogen-bond acceptors (Lipinski definition) is 5. The lowest BCUT2D eigenvalue weighted by Crippen LogP contribution is -2.37. The van der Waals surface area contributed by atoms with Gasteiger partial charge in [-0.15, -0.1) is 11.8 Å². The van der Waals surface area contributed by atoms with Crippen LogP contribution in [0.2, 0.25) is 0 Å².